The molecule has 6 nitrogen and oxygen atoms in total. The van der Waals surface area contributed by atoms with Gasteiger partial charge >= 0.3 is 0 Å². The lowest BCUT2D eigenvalue weighted by molar-refractivity contribution is -0.129. The summed E-state index contributed by atoms with van der Waals surface area (Å²) < 4.78 is 27.2. The maximum absolute atomic E-state index is 12.8. The molecule has 0 radical (unpaired) electrons. The molecule has 2 fully saturated rings. The molecule has 1 aromatic rings. The zero-order valence-corrected chi connectivity index (χ0v) is 16.1. The van der Waals surface area contributed by atoms with E-state index >= 15 is 0 Å². The summed E-state index contributed by atoms with van der Waals surface area (Å²) in [6.45, 7) is 1.91. The summed E-state index contributed by atoms with van der Waals surface area (Å²) in [5, 5.41) is 9.21. The molecular formula is C18H23NO5S2. The van der Waals surface area contributed by atoms with Crippen LogP contribution in [0.5, 0.6) is 0 Å². The van der Waals surface area contributed by atoms with E-state index < -0.39 is 27.8 Å². The highest BCUT2D eigenvalue weighted by molar-refractivity contribution is 7.99. The summed E-state index contributed by atoms with van der Waals surface area (Å²) in [7, 11) is -3.96. The number of aryl methyl sites for hydroxylation is 1. The summed E-state index contributed by atoms with van der Waals surface area (Å²) in [6.07, 6.45) is 2.41. The topological polar surface area (TPSA) is 101 Å². The standard InChI is InChI=1S/C18H23NO5S2/c1-11-2-4-13(5-3-11)26(23,24)19-18(22)17-14-8-12(15(17)10-21)9-16(14)25-7-6-20/h2-5,10,12,14-17,20H,6-9H2,1H3,(H,19,22). The lowest BCUT2D eigenvalue weighted by Crippen LogP contribution is -2.44. The van der Waals surface area contributed by atoms with E-state index in [9.17, 15) is 18.0 Å². The van der Waals surface area contributed by atoms with Gasteiger partial charge in [-0.15, -0.1) is 0 Å². The van der Waals surface area contributed by atoms with E-state index in [-0.39, 0.29) is 28.6 Å². The van der Waals surface area contributed by atoms with Gasteiger partial charge in [0, 0.05) is 16.9 Å². The Labute approximate surface area is 157 Å². The molecule has 0 spiro atoms. The second-order valence-corrected chi connectivity index (χ2v) is 10.1. The molecule has 8 heteroatoms. The monoisotopic (exact) mass is 397 g/mol. The number of benzene rings is 1. The number of hydrogen-bond acceptors (Lipinski definition) is 6. The molecule has 0 heterocycles. The maximum Gasteiger partial charge on any atom is 0.264 e. The van der Waals surface area contributed by atoms with Gasteiger partial charge in [-0.25, -0.2) is 13.1 Å². The third kappa shape index (κ3) is 3.68. The van der Waals surface area contributed by atoms with Crippen LogP contribution in [0.2, 0.25) is 0 Å². The van der Waals surface area contributed by atoms with Gasteiger partial charge in [0.2, 0.25) is 5.91 Å². The number of thioether (sulfide) groups is 1. The first-order valence-electron chi connectivity index (χ1n) is 8.68. The minimum Gasteiger partial charge on any atom is -0.396 e. The highest BCUT2D eigenvalue weighted by Crippen LogP contribution is 2.55. The van der Waals surface area contributed by atoms with Crippen LogP contribution in [0.25, 0.3) is 0 Å². The molecule has 1 aromatic carbocycles. The first-order valence-corrected chi connectivity index (χ1v) is 11.2. The Morgan fingerprint density at radius 1 is 1.31 bits per heavy atom. The largest absolute Gasteiger partial charge is 0.396 e. The highest BCUT2D eigenvalue weighted by atomic mass is 32.2. The van der Waals surface area contributed by atoms with Crippen LogP contribution in [0.3, 0.4) is 0 Å². The lowest BCUT2D eigenvalue weighted by Gasteiger charge is -2.31. The van der Waals surface area contributed by atoms with E-state index in [1.165, 1.54) is 12.1 Å². The number of carbonyl (C=O) groups excluding carboxylic acids is 2. The van der Waals surface area contributed by atoms with Gasteiger partial charge in [0.05, 0.1) is 17.4 Å². The first kappa shape index (κ1) is 19.4. The number of fused-ring (bicyclic) bond motifs is 2. The summed E-state index contributed by atoms with van der Waals surface area (Å²) in [5.74, 6) is -0.979. The third-order valence-corrected chi connectivity index (χ3v) is 8.21. The number of carbonyl (C=O) groups is 2. The number of aliphatic hydroxyl groups excluding tert-OH is 1. The third-order valence-electron chi connectivity index (χ3n) is 5.46. The predicted molar refractivity (Wildman–Crippen MR) is 99.1 cm³/mol. The van der Waals surface area contributed by atoms with Crippen LogP contribution >= 0.6 is 11.8 Å². The Morgan fingerprint density at radius 2 is 2.00 bits per heavy atom. The number of amides is 1. The van der Waals surface area contributed by atoms with Crippen molar-refractivity contribution in [3.63, 3.8) is 0 Å². The molecule has 2 saturated carbocycles. The molecule has 26 heavy (non-hydrogen) atoms. The Hall–Kier alpha value is -1.38. The SMILES string of the molecule is Cc1ccc(S(=O)(=O)NC(=O)C2C(C=O)C3CC(SCCO)C2C3)cc1. The van der Waals surface area contributed by atoms with Crippen molar-refractivity contribution in [2.75, 3.05) is 12.4 Å². The van der Waals surface area contributed by atoms with Crippen LogP contribution < -0.4 is 4.72 Å². The second-order valence-electron chi connectivity index (χ2n) is 7.05. The number of nitrogens with one attached hydrogen (secondary N) is 1. The summed E-state index contributed by atoms with van der Waals surface area (Å²) in [4.78, 5) is 24.3. The van der Waals surface area contributed by atoms with Crippen molar-refractivity contribution in [3.05, 3.63) is 29.8 Å². The Morgan fingerprint density at radius 3 is 2.62 bits per heavy atom. The molecule has 5 atom stereocenters. The van der Waals surface area contributed by atoms with Gasteiger partial charge in [0.25, 0.3) is 10.0 Å². The maximum atomic E-state index is 12.8. The molecule has 1 amide bonds. The highest BCUT2D eigenvalue weighted by Gasteiger charge is 2.55. The zero-order chi connectivity index (χ0) is 18.9. The van der Waals surface area contributed by atoms with E-state index in [1.807, 2.05) is 6.92 Å². The minimum absolute atomic E-state index is 0.0278. The van der Waals surface area contributed by atoms with Crippen LogP contribution in [0.4, 0.5) is 0 Å². The molecule has 5 unspecified atom stereocenters. The Kier molecular flexibility index (Phi) is 5.74. The van der Waals surface area contributed by atoms with Crippen molar-refractivity contribution in [2.45, 2.75) is 29.9 Å². The van der Waals surface area contributed by atoms with Crippen molar-refractivity contribution < 1.29 is 23.1 Å². The Balaban J connectivity index is 1.77. The number of rotatable bonds is 7. The van der Waals surface area contributed by atoms with Crippen LogP contribution in [-0.2, 0) is 19.6 Å². The minimum atomic E-state index is -3.96. The molecule has 142 valence electrons. The van der Waals surface area contributed by atoms with E-state index in [4.69, 9.17) is 5.11 Å². The molecule has 0 aliphatic heterocycles. The van der Waals surface area contributed by atoms with Gasteiger partial charge in [-0.1, -0.05) is 17.7 Å². The van der Waals surface area contributed by atoms with Crippen molar-refractivity contribution in [3.8, 4) is 0 Å². The van der Waals surface area contributed by atoms with E-state index in [1.54, 1.807) is 23.9 Å². The molecule has 2 aliphatic carbocycles. The van der Waals surface area contributed by atoms with Gasteiger partial charge in [-0.2, -0.15) is 11.8 Å². The Bertz CT molecular complexity index is 777. The summed E-state index contributed by atoms with van der Waals surface area (Å²) in [5.41, 5.74) is 0.924. The van der Waals surface area contributed by atoms with Gasteiger partial charge in [0.1, 0.15) is 6.29 Å². The van der Waals surface area contributed by atoms with Gasteiger partial charge in [-0.05, 0) is 43.7 Å². The summed E-state index contributed by atoms with van der Waals surface area (Å²) >= 11 is 1.60. The molecule has 0 saturated heterocycles. The van der Waals surface area contributed by atoms with Crippen molar-refractivity contribution in [2.24, 2.45) is 23.7 Å². The number of hydrogen-bond donors (Lipinski definition) is 2. The van der Waals surface area contributed by atoms with Gasteiger partial charge in [-0.3, -0.25) is 4.79 Å². The number of aldehydes is 1. The van der Waals surface area contributed by atoms with Gasteiger partial charge in [0.15, 0.2) is 0 Å². The average Bonchev–Trinajstić information content (AvgIpc) is 3.17. The van der Waals surface area contributed by atoms with Crippen molar-refractivity contribution in [1.29, 1.82) is 0 Å². The smallest absolute Gasteiger partial charge is 0.264 e. The van der Waals surface area contributed by atoms with Crippen LogP contribution in [0.1, 0.15) is 18.4 Å². The van der Waals surface area contributed by atoms with E-state index in [2.05, 4.69) is 4.72 Å². The molecule has 3 rings (SSSR count). The normalized spacial score (nSPS) is 30.3. The fraction of sp³-hybridized carbons (Fsp3) is 0.556. The summed E-state index contributed by atoms with van der Waals surface area (Å²) in [6, 6.07) is 6.27. The predicted octanol–water partition coefficient (Wildman–Crippen LogP) is 1.37. The quantitative estimate of drug-likeness (QED) is 0.674. The molecule has 2 bridgehead atoms. The number of aliphatic hydroxyl groups is 1. The molecule has 0 aromatic heterocycles. The average molecular weight is 398 g/mol. The van der Waals surface area contributed by atoms with Crippen LogP contribution in [0.15, 0.2) is 29.2 Å². The lowest BCUT2D eigenvalue weighted by atomic mass is 9.79. The van der Waals surface area contributed by atoms with Crippen LogP contribution in [0, 0.1) is 30.6 Å². The fourth-order valence-electron chi connectivity index (χ4n) is 4.28. The molecule has 2 aliphatic rings. The van der Waals surface area contributed by atoms with Crippen LogP contribution in [-0.4, -0.2) is 43.3 Å². The number of sulfonamides is 1. The second kappa shape index (κ2) is 7.70. The van der Waals surface area contributed by atoms with Crippen molar-refractivity contribution in [1.82, 2.24) is 4.72 Å². The van der Waals surface area contributed by atoms with E-state index in [0.29, 0.717) is 5.75 Å². The fourth-order valence-corrected chi connectivity index (χ4v) is 6.61. The molecule has 2 N–H and O–H groups in total. The van der Waals surface area contributed by atoms with Crippen molar-refractivity contribution >= 4 is 34.0 Å². The first-order chi connectivity index (χ1) is 12.4. The zero-order valence-electron chi connectivity index (χ0n) is 14.5. The molecular weight excluding hydrogens is 374 g/mol. The van der Waals surface area contributed by atoms with E-state index in [0.717, 1.165) is 24.7 Å². The van der Waals surface area contributed by atoms with Gasteiger partial charge < -0.3 is 9.90 Å².